The average molecular weight is 206 g/mol. The Hall–Kier alpha value is -1.47. The zero-order valence-corrected chi connectivity index (χ0v) is 8.80. The van der Waals surface area contributed by atoms with Gasteiger partial charge in [-0.1, -0.05) is 5.92 Å². The van der Waals surface area contributed by atoms with E-state index >= 15 is 0 Å². The second kappa shape index (κ2) is 4.85. The third kappa shape index (κ3) is 2.31. The van der Waals surface area contributed by atoms with Crippen molar-refractivity contribution in [1.82, 2.24) is 10.5 Å². The van der Waals surface area contributed by atoms with Crippen LogP contribution in [-0.2, 0) is 13.0 Å². The zero-order chi connectivity index (χ0) is 10.5. The first-order valence-electron chi connectivity index (χ1n) is 5.12. The van der Waals surface area contributed by atoms with E-state index < -0.39 is 0 Å². The van der Waals surface area contributed by atoms with Crippen LogP contribution in [0, 0.1) is 11.8 Å². The van der Waals surface area contributed by atoms with Crippen LogP contribution in [0.25, 0.3) is 0 Å². The third-order valence-electron chi connectivity index (χ3n) is 2.35. The maximum Gasteiger partial charge on any atom is 0.259 e. The summed E-state index contributed by atoms with van der Waals surface area (Å²) in [6.45, 7) is 3.94. The molecule has 1 N–H and O–H groups in total. The summed E-state index contributed by atoms with van der Waals surface area (Å²) >= 11 is 0. The molecule has 1 aromatic rings. The molecule has 2 heterocycles. The van der Waals surface area contributed by atoms with Crippen molar-refractivity contribution in [3.63, 3.8) is 0 Å². The molecule has 1 aliphatic heterocycles. The molecule has 1 aromatic heterocycles. The molecule has 0 radical (unpaired) electrons. The number of aryl methyl sites for hydroxylation is 1. The molecule has 0 aromatic carbocycles. The highest BCUT2D eigenvalue weighted by Gasteiger charge is 2.18. The molecule has 0 aliphatic carbocycles. The molecular formula is C11H14N2O2. The molecule has 2 rings (SSSR count). The standard InChI is InChI=1S/C11H14N2O2/c1-2-3-7-14-11-9-8-12-6-4-5-10(9)15-13-11/h12H,4-8H2,1H3. The maximum absolute atomic E-state index is 5.42. The number of hydrogen-bond donors (Lipinski definition) is 1. The van der Waals surface area contributed by atoms with Gasteiger partial charge in [0.15, 0.2) is 6.61 Å². The quantitative estimate of drug-likeness (QED) is 0.736. The lowest BCUT2D eigenvalue weighted by molar-refractivity contribution is 0.304. The van der Waals surface area contributed by atoms with Crippen LogP contribution in [0.3, 0.4) is 0 Å². The molecule has 0 spiro atoms. The van der Waals surface area contributed by atoms with Gasteiger partial charge in [-0.3, -0.25) is 0 Å². The first kappa shape index (κ1) is 10.1. The number of rotatable bonds is 2. The molecule has 15 heavy (non-hydrogen) atoms. The lowest BCUT2D eigenvalue weighted by atomic mass is 10.2. The SMILES string of the molecule is CC#CCOc1noc2c1CNCCC2. The van der Waals surface area contributed by atoms with Crippen molar-refractivity contribution >= 4 is 0 Å². The van der Waals surface area contributed by atoms with Crippen LogP contribution in [0.2, 0.25) is 0 Å². The van der Waals surface area contributed by atoms with Crippen LogP contribution >= 0.6 is 0 Å². The molecule has 0 saturated heterocycles. The van der Waals surface area contributed by atoms with Crippen molar-refractivity contribution in [2.45, 2.75) is 26.3 Å². The normalized spacial score (nSPS) is 14.7. The van der Waals surface area contributed by atoms with E-state index in [1.54, 1.807) is 6.92 Å². The highest BCUT2D eigenvalue weighted by molar-refractivity contribution is 5.29. The fourth-order valence-electron chi connectivity index (χ4n) is 1.57. The topological polar surface area (TPSA) is 47.3 Å². The predicted molar refractivity (Wildman–Crippen MR) is 55.5 cm³/mol. The lowest BCUT2D eigenvalue weighted by Crippen LogP contribution is -2.12. The van der Waals surface area contributed by atoms with E-state index in [0.29, 0.717) is 12.5 Å². The van der Waals surface area contributed by atoms with Crippen molar-refractivity contribution in [3.8, 4) is 17.7 Å². The predicted octanol–water partition coefficient (Wildman–Crippen LogP) is 1.11. The van der Waals surface area contributed by atoms with Gasteiger partial charge in [0.2, 0.25) is 0 Å². The molecule has 0 atom stereocenters. The molecule has 0 fully saturated rings. The second-order valence-corrected chi connectivity index (χ2v) is 3.39. The van der Waals surface area contributed by atoms with Gasteiger partial charge < -0.3 is 14.6 Å². The van der Waals surface area contributed by atoms with Gasteiger partial charge in [-0.15, -0.1) is 5.92 Å². The zero-order valence-electron chi connectivity index (χ0n) is 8.80. The molecular weight excluding hydrogens is 192 g/mol. The van der Waals surface area contributed by atoms with Gasteiger partial charge in [0.05, 0.1) is 5.56 Å². The summed E-state index contributed by atoms with van der Waals surface area (Å²) in [5.41, 5.74) is 1.05. The van der Waals surface area contributed by atoms with E-state index in [1.807, 2.05) is 0 Å². The fourth-order valence-corrected chi connectivity index (χ4v) is 1.57. The Balaban J connectivity index is 2.10. The second-order valence-electron chi connectivity index (χ2n) is 3.39. The first-order valence-corrected chi connectivity index (χ1v) is 5.12. The van der Waals surface area contributed by atoms with Gasteiger partial charge in [-0.05, 0) is 25.0 Å². The molecule has 0 saturated carbocycles. The minimum atomic E-state index is 0.371. The number of hydrogen-bond acceptors (Lipinski definition) is 4. The Bertz CT molecular complexity index is 387. The summed E-state index contributed by atoms with van der Waals surface area (Å²) < 4.78 is 10.7. The van der Waals surface area contributed by atoms with Gasteiger partial charge in [-0.25, -0.2) is 0 Å². The van der Waals surface area contributed by atoms with E-state index in [1.165, 1.54) is 0 Å². The summed E-state index contributed by atoms with van der Waals surface area (Å²) in [5.74, 6) is 7.14. The van der Waals surface area contributed by atoms with Gasteiger partial charge in [0, 0.05) is 13.0 Å². The highest BCUT2D eigenvalue weighted by Crippen LogP contribution is 2.23. The Morgan fingerprint density at radius 3 is 3.40 bits per heavy atom. The van der Waals surface area contributed by atoms with Crippen molar-refractivity contribution < 1.29 is 9.26 Å². The molecule has 0 unspecified atom stereocenters. The number of aromatic nitrogens is 1. The Morgan fingerprint density at radius 1 is 1.60 bits per heavy atom. The van der Waals surface area contributed by atoms with E-state index in [0.717, 1.165) is 37.3 Å². The molecule has 4 nitrogen and oxygen atoms in total. The van der Waals surface area contributed by atoms with Crippen molar-refractivity contribution in [3.05, 3.63) is 11.3 Å². The molecule has 80 valence electrons. The highest BCUT2D eigenvalue weighted by atomic mass is 16.5. The third-order valence-corrected chi connectivity index (χ3v) is 2.35. The molecule has 4 heteroatoms. The lowest BCUT2D eigenvalue weighted by Gasteiger charge is -2.00. The summed E-state index contributed by atoms with van der Waals surface area (Å²) in [7, 11) is 0. The fraction of sp³-hybridized carbons (Fsp3) is 0.545. The van der Waals surface area contributed by atoms with Crippen LogP contribution in [0.15, 0.2) is 4.52 Å². The van der Waals surface area contributed by atoms with E-state index in [2.05, 4.69) is 22.3 Å². The maximum atomic E-state index is 5.42. The minimum Gasteiger partial charge on any atom is -0.462 e. The minimum absolute atomic E-state index is 0.371. The van der Waals surface area contributed by atoms with E-state index in [-0.39, 0.29) is 0 Å². The number of nitrogens with zero attached hydrogens (tertiary/aromatic N) is 1. The van der Waals surface area contributed by atoms with Crippen molar-refractivity contribution in [2.75, 3.05) is 13.2 Å². The summed E-state index contributed by atoms with van der Waals surface area (Å²) in [5, 5.41) is 7.21. The van der Waals surface area contributed by atoms with E-state index in [9.17, 15) is 0 Å². The summed E-state index contributed by atoms with van der Waals surface area (Å²) in [6, 6.07) is 0. The first-order chi connectivity index (χ1) is 7.42. The van der Waals surface area contributed by atoms with Gasteiger partial charge in [-0.2, -0.15) is 0 Å². The number of fused-ring (bicyclic) bond motifs is 1. The Morgan fingerprint density at radius 2 is 2.53 bits per heavy atom. The average Bonchev–Trinajstić information content (AvgIpc) is 2.50. The Kier molecular flexibility index (Phi) is 3.25. The monoisotopic (exact) mass is 206 g/mol. The largest absolute Gasteiger partial charge is 0.462 e. The van der Waals surface area contributed by atoms with Gasteiger partial charge in [0.25, 0.3) is 5.88 Å². The molecule has 0 bridgehead atoms. The van der Waals surface area contributed by atoms with Crippen LogP contribution < -0.4 is 10.1 Å². The van der Waals surface area contributed by atoms with Crippen LogP contribution in [-0.4, -0.2) is 18.3 Å². The smallest absolute Gasteiger partial charge is 0.259 e. The summed E-state index contributed by atoms with van der Waals surface area (Å²) in [6.07, 6.45) is 2.01. The van der Waals surface area contributed by atoms with Crippen molar-refractivity contribution in [2.24, 2.45) is 0 Å². The Labute approximate surface area is 89.0 Å². The van der Waals surface area contributed by atoms with Crippen molar-refractivity contribution in [1.29, 1.82) is 0 Å². The summed E-state index contributed by atoms with van der Waals surface area (Å²) in [4.78, 5) is 0. The number of ether oxygens (including phenoxy) is 1. The number of nitrogens with one attached hydrogen (secondary N) is 1. The van der Waals surface area contributed by atoms with Gasteiger partial charge in [0.1, 0.15) is 5.76 Å². The van der Waals surface area contributed by atoms with Crippen LogP contribution in [0.5, 0.6) is 5.88 Å². The molecule has 0 amide bonds. The van der Waals surface area contributed by atoms with Crippen LogP contribution in [0.4, 0.5) is 0 Å². The molecule has 1 aliphatic rings. The van der Waals surface area contributed by atoms with Crippen LogP contribution in [0.1, 0.15) is 24.7 Å². The van der Waals surface area contributed by atoms with E-state index in [4.69, 9.17) is 9.26 Å². The van der Waals surface area contributed by atoms with Gasteiger partial charge >= 0.3 is 0 Å².